The van der Waals surface area contributed by atoms with E-state index in [-0.39, 0.29) is 0 Å². The number of hydrogen-bond acceptors (Lipinski definition) is 5. The molecule has 0 aliphatic rings. The second-order valence-electron chi connectivity index (χ2n) is 5.30. The van der Waals surface area contributed by atoms with Crippen molar-refractivity contribution < 1.29 is 19.4 Å². The standard InChI is InChI=1S/C13H19NO4S/c1-13(2,3)18-12(17)10(11(15)16)9(14)7-8-5-4-6-19-8/h4-6,9-10H,7,14H2,1-3H3,(H,15,16)/t9-,10+/m0/s1. The van der Waals surface area contributed by atoms with E-state index < -0.39 is 29.5 Å². The van der Waals surface area contributed by atoms with Gasteiger partial charge in [-0.15, -0.1) is 11.3 Å². The Morgan fingerprint density at radius 1 is 1.47 bits per heavy atom. The highest BCUT2D eigenvalue weighted by atomic mass is 32.1. The molecule has 0 saturated carbocycles. The maximum absolute atomic E-state index is 11.9. The number of carbonyl (C=O) groups excluding carboxylic acids is 1. The lowest BCUT2D eigenvalue weighted by Gasteiger charge is -2.24. The molecule has 0 aromatic carbocycles. The third kappa shape index (κ3) is 5.00. The summed E-state index contributed by atoms with van der Waals surface area (Å²) in [4.78, 5) is 24.1. The van der Waals surface area contributed by atoms with Crippen molar-refractivity contribution in [3.8, 4) is 0 Å². The molecule has 106 valence electrons. The normalized spacial score (nSPS) is 14.7. The van der Waals surface area contributed by atoms with E-state index in [4.69, 9.17) is 15.6 Å². The summed E-state index contributed by atoms with van der Waals surface area (Å²) in [5.41, 5.74) is 5.13. The van der Waals surface area contributed by atoms with Gasteiger partial charge in [-0.3, -0.25) is 9.59 Å². The molecule has 1 heterocycles. The van der Waals surface area contributed by atoms with Crippen LogP contribution in [-0.2, 0) is 20.7 Å². The molecule has 1 rings (SSSR count). The van der Waals surface area contributed by atoms with Gasteiger partial charge < -0.3 is 15.6 Å². The van der Waals surface area contributed by atoms with E-state index in [1.807, 2.05) is 17.5 Å². The van der Waals surface area contributed by atoms with Crippen LogP contribution in [0.25, 0.3) is 0 Å². The molecule has 0 radical (unpaired) electrons. The molecule has 0 spiro atoms. The largest absolute Gasteiger partial charge is 0.481 e. The smallest absolute Gasteiger partial charge is 0.322 e. The predicted molar refractivity (Wildman–Crippen MR) is 73.0 cm³/mol. The van der Waals surface area contributed by atoms with Gasteiger partial charge in [-0.2, -0.15) is 0 Å². The number of hydrogen-bond donors (Lipinski definition) is 2. The molecule has 1 aromatic rings. The second kappa shape index (κ2) is 6.16. The molecule has 0 aliphatic heterocycles. The number of carboxylic acid groups (broad SMARTS) is 1. The van der Waals surface area contributed by atoms with Crippen LogP contribution in [0.15, 0.2) is 17.5 Å². The first-order chi connectivity index (χ1) is 8.70. The van der Waals surface area contributed by atoms with Crippen molar-refractivity contribution in [2.75, 3.05) is 0 Å². The number of esters is 1. The quantitative estimate of drug-likeness (QED) is 0.634. The fourth-order valence-corrected chi connectivity index (χ4v) is 2.38. The van der Waals surface area contributed by atoms with Gasteiger partial charge in [-0.25, -0.2) is 0 Å². The Morgan fingerprint density at radius 2 is 2.11 bits per heavy atom. The molecule has 0 aliphatic carbocycles. The van der Waals surface area contributed by atoms with Crippen LogP contribution in [0.3, 0.4) is 0 Å². The van der Waals surface area contributed by atoms with Crippen LogP contribution in [0.4, 0.5) is 0 Å². The van der Waals surface area contributed by atoms with Crippen molar-refractivity contribution in [2.24, 2.45) is 11.7 Å². The minimum atomic E-state index is -1.35. The van der Waals surface area contributed by atoms with Gasteiger partial charge in [0.05, 0.1) is 0 Å². The molecule has 0 saturated heterocycles. The summed E-state index contributed by atoms with van der Waals surface area (Å²) in [6.07, 6.45) is 0.341. The molecule has 0 fully saturated rings. The van der Waals surface area contributed by atoms with Gasteiger partial charge in [-0.1, -0.05) is 6.07 Å². The summed E-state index contributed by atoms with van der Waals surface area (Å²) >= 11 is 1.48. The Labute approximate surface area is 116 Å². The highest BCUT2D eigenvalue weighted by Gasteiger charge is 2.36. The van der Waals surface area contributed by atoms with Crippen molar-refractivity contribution >= 4 is 23.3 Å². The number of ether oxygens (including phenoxy) is 1. The lowest BCUT2D eigenvalue weighted by Crippen LogP contribution is -2.45. The van der Waals surface area contributed by atoms with Gasteiger partial charge in [-0.05, 0) is 38.6 Å². The summed E-state index contributed by atoms with van der Waals surface area (Å²) in [5.74, 6) is -3.39. The molecule has 0 amide bonds. The monoisotopic (exact) mass is 285 g/mol. The van der Waals surface area contributed by atoms with Crippen LogP contribution in [0, 0.1) is 5.92 Å². The van der Waals surface area contributed by atoms with E-state index in [0.717, 1.165) is 4.88 Å². The minimum Gasteiger partial charge on any atom is -0.481 e. The lowest BCUT2D eigenvalue weighted by molar-refractivity contribution is -0.167. The Morgan fingerprint density at radius 3 is 2.53 bits per heavy atom. The number of thiophene rings is 1. The van der Waals surface area contributed by atoms with Crippen LogP contribution in [0.2, 0.25) is 0 Å². The predicted octanol–water partition coefficient (Wildman–Crippen LogP) is 1.66. The summed E-state index contributed by atoms with van der Waals surface area (Å²) in [5, 5.41) is 11.0. The zero-order valence-electron chi connectivity index (χ0n) is 11.3. The molecule has 0 bridgehead atoms. The Bertz CT molecular complexity index is 436. The van der Waals surface area contributed by atoms with E-state index in [2.05, 4.69) is 0 Å². The summed E-state index contributed by atoms with van der Waals surface area (Å²) in [7, 11) is 0. The lowest BCUT2D eigenvalue weighted by atomic mass is 9.97. The first kappa shape index (κ1) is 15.7. The summed E-state index contributed by atoms with van der Waals surface area (Å²) < 4.78 is 5.11. The van der Waals surface area contributed by atoms with Crippen LogP contribution < -0.4 is 5.73 Å². The van der Waals surface area contributed by atoms with Crippen LogP contribution in [-0.4, -0.2) is 28.7 Å². The summed E-state index contributed by atoms with van der Waals surface area (Å²) in [6, 6.07) is 2.92. The molecule has 3 N–H and O–H groups in total. The van der Waals surface area contributed by atoms with Gasteiger partial charge in [0.1, 0.15) is 5.60 Å². The first-order valence-corrected chi connectivity index (χ1v) is 6.82. The first-order valence-electron chi connectivity index (χ1n) is 5.94. The van der Waals surface area contributed by atoms with Crippen LogP contribution in [0.5, 0.6) is 0 Å². The van der Waals surface area contributed by atoms with Crippen molar-refractivity contribution in [1.82, 2.24) is 0 Å². The van der Waals surface area contributed by atoms with Gasteiger partial charge in [0, 0.05) is 10.9 Å². The average molecular weight is 285 g/mol. The molecule has 1 aromatic heterocycles. The summed E-state index contributed by atoms with van der Waals surface area (Å²) in [6.45, 7) is 5.07. The maximum Gasteiger partial charge on any atom is 0.322 e. The Kier molecular flexibility index (Phi) is 5.08. The van der Waals surface area contributed by atoms with E-state index in [1.165, 1.54) is 11.3 Å². The van der Waals surface area contributed by atoms with E-state index >= 15 is 0 Å². The van der Waals surface area contributed by atoms with Crippen molar-refractivity contribution in [3.05, 3.63) is 22.4 Å². The number of nitrogens with two attached hydrogens (primary N) is 1. The second-order valence-corrected chi connectivity index (χ2v) is 6.33. The molecule has 0 unspecified atom stereocenters. The fourth-order valence-electron chi connectivity index (χ4n) is 1.60. The minimum absolute atomic E-state index is 0.341. The zero-order valence-corrected chi connectivity index (χ0v) is 12.1. The highest BCUT2D eigenvalue weighted by Crippen LogP contribution is 2.18. The molecule has 5 nitrogen and oxygen atoms in total. The van der Waals surface area contributed by atoms with Gasteiger partial charge in [0.25, 0.3) is 0 Å². The average Bonchev–Trinajstić information content (AvgIpc) is 2.66. The maximum atomic E-state index is 11.9. The van der Waals surface area contributed by atoms with Crippen molar-refractivity contribution in [3.63, 3.8) is 0 Å². The van der Waals surface area contributed by atoms with Crippen LogP contribution >= 0.6 is 11.3 Å². The number of carboxylic acids is 1. The van der Waals surface area contributed by atoms with E-state index in [0.29, 0.717) is 6.42 Å². The van der Waals surface area contributed by atoms with Crippen molar-refractivity contribution in [2.45, 2.75) is 38.8 Å². The van der Waals surface area contributed by atoms with Crippen LogP contribution in [0.1, 0.15) is 25.6 Å². The molecule has 6 heteroatoms. The SMILES string of the molecule is CC(C)(C)OC(=O)[C@@H](C(=O)O)[C@@H](N)Cc1cccs1. The Hall–Kier alpha value is -1.40. The topological polar surface area (TPSA) is 89.6 Å². The Balaban J connectivity index is 2.76. The van der Waals surface area contributed by atoms with Gasteiger partial charge in [0.2, 0.25) is 0 Å². The van der Waals surface area contributed by atoms with E-state index in [9.17, 15) is 9.59 Å². The van der Waals surface area contributed by atoms with Gasteiger partial charge in [0.15, 0.2) is 5.92 Å². The van der Waals surface area contributed by atoms with Crippen molar-refractivity contribution in [1.29, 1.82) is 0 Å². The highest BCUT2D eigenvalue weighted by molar-refractivity contribution is 7.09. The number of aliphatic carboxylic acids is 1. The molecular weight excluding hydrogens is 266 g/mol. The van der Waals surface area contributed by atoms with Gasteiger partial charge >= 0.3 is 11.9 Å². The molecule has 19 heavy (non-hydrogen) atoms. The molecular formula is C13H19NO4S. The zero-order chi connectivity index (χ0) is 14.6. The third-order valence-corrected chi connectivity index (χ3v) is 3.27. The fraction of sp³-hybridized carbons (Fsp3) is 0.538. The third-order valence-electron chi connectivity index (χ3n) is 2.37. The van der Waals surface area contributed by atoms with E-state index in [1.54, 1.807) is 20.8 Å². The molecule has 2 atom stereocenters. The number of rotatable bonds is 5. The number of carbonyl (C=O) groups is 2.